The van der Waals surface area contributed by atoms with Crippen LogP contribution in [0.15, 0.2) is 53.7 Å². The van der Waals surface area contributed by atoms with Gasteiger partial charge in [-0.15, -0.1) is 4.98 Å². The topological polar surface area (TPSA) is 138 Å². The predicted octanol–water partition coefficient (Wildman–Crippen LogP) is 17.4. The molecule has 0 aliphatic rings. The molecule has 0 saturated carbocycles. The van der Waals surface area contributed by atoms with E-state index in [-0.39, 0.29) is 56.0 Å². The lowest BCUT2D eigenvalue weighted by Crippen LogP contribution is -2.17. The summed E-state index contributed by atoms with van der Waals surface area (Å²) in [4.78, 5) is 14.0. The van der Waals surface area contributed by atoms with E-state index >= 15 is 0 Å². The lowest BCUT2D eigenvalue weighted by molar-refractivity contribution is 0.376. The van der Waals surface area contributed by atoms with E-state index in [1.807, 2.05) is 36.4 Å². The predicted molar refractivity (Wildman–Crippen MR) is 301 cm³/mol. The molecule has 0 spiro atoms. The fourth-order valence-corrected chi connectivity index (χ4v) is 9.50. The zero-order valence-corrected chi connectivity index (χ0v) is 48.9. The van der Waals surface area contributed by atoms with Gasteiger partial charge < -0.3 is 29.9 Å². The summed E-state index contributed by atoms with van der Waals surface area (Å²) in [7, 11) is 0. The molecule has 0 aliphatic carbocycles. The first-order valence-corrected chi connectivity index (χ1v) is 27.1. The third kappa shape index (κ3) is 16.3. The summed E-state index contributed by atoms with van der Waals surface area (Å²) < 4.78 is 12.7. The summed E-state index contributed by atoms with van der Waals surface area (Å²) in [6.45, 7) is 43.8. The van der Waals surface area contributed by atoms with E-state index in [0.29, 0.717) is 34.6 Å². The second-order valence-corrected chi connectivity index (χ2v) is 27.1. The number of aromatic nitrogens is 3. The molecule has 72 heavy (non-hydrogen) atoms. The molecule has 4 N–H and O–H groups in total. The summed E-state index contributed by atoms with van der Waals surface area (Å²) in [5, 5.41) is 44.6. The van der Waals surface area contributed by atoms with Crippen LogP contribution in [0.25, 0.3) is 0 Å². The molecule has 5 aromatic rings. The van der Waals surface area contributed by atoms with Crippen LogP contribution in [0.1, 0.15) is 226 Å². The zero-order chi connectivity index (χ0) is 54.5. The minimum atomic E-state index is -0.316. The summed E-state index contributed by atoms with van der Waals surface area (Å²) in [6.07, 6.45) is 7.76. The van der Waals surface area contributed by atoms with Crippen molar-refractivity contribution in [3.05, 3.63) is 104 Å². The van der Waals surface area contributed by atoms with Gasteiger partial charge >= 0.3 is 12.0 Å². The number of phenolic OH excluding ortho intramolecular Hbond substituents is 4. The number of rotatable bonds is 14. The number of hydrogen-bond donors (Lipinski definition) is 4. The van der Waals surface area contributed by atoms with Crippen LogP contribution >= 0.6 is 11.8 Å². The van der Waals surface area contributed by atoms with Crippen molar-refractivity contribution in [2.75, 3.05) is 5.75 Å². The van der Waals surface area contributed by atoms with Crippen LogP contribution in [0, 0.1) is 13.8 Å². The van der Waals surface area contributed by atoms with Crippen molar-refractivity contribution in [3.8, 4) is 46.5 Å². The molecule has 0 amide bonds. The molecule has 1 heterocycles. The number of thioether (sulfide) groups is 1. The quantitative estimate of drug-likeness (QED) is 0.0628. The first kappa shape index (κ1) is 59.6. The number of nitrogens with zero attached hydrogens (tertiary/aromatic N) is 3. The molecule has 5 rings (SSSR count). The molecular formula is C62H91N3O6S. The first-order chi connectivity index (χ1) is 32.9. The van der Waals surface area contributed by atoms with Crippen molar-refractivity contribution in [2.45, 2.75) is 228 Å². The number of unbranched alkanes of at least 4 members (excludes halogenated alkanes) is 5. The normalized spacial score (nSPS) is 12.7. The highest BCUT2D eigenvalue weighted by molar-refractivity contribution is 7.99. The Hall–Kier alpha value is -4.96. The van der Waals surface area contributed by atoms with Gasteiger partial charge in [0.2, 0.25) is 0 Å². The molecule has 0 unspecified atom stereocenters. The van der Waals surface area contributed by atoms with Gasteiger partial charge in [-0.05, 0) is 99.3 Å². The standard InChI is InChI=1S/C39H59N3O4S.C23H32O2/c1-14-15-16-17-18-19-20-47-35-41-33(45-25-21-27(36(2,3)4)31(43)28(22-25)37(5,6)7)40-34(42-35)46-26-23-29(38(8,9)10)32(44)30(24-26)39(11,12)13;1-14-9-16(20(24)18(11-14)22(3,4)5)13-17-10-15(2)12-19(21(17)25)23(6,7)8/h21-24,43-44H,14-20H2,1-13H3;9-12,24-25H,13H2,1-8H3. The number of aromatic hydroxyl groups is 4. The summed E-state index contributed by atoms with van der Waals surface area (Å²) >= 11 is 1.57. The van der Waals surface area contributed by atoms with Crippen molar-refractivity contribution in [3.63, 3.8) is 0 Å². The molecule has 0 radical (unpaired) electrons. The van der Waals surface area contributed by atoms with E-state index in [2.05, 4.69) is 172 Å². The fourth-order valence-electron chi connectivity index (χ4n) is 8.68. The Morgan fingerprint density at radius 3 is 1.03 bits per heavy atom. The van der Waals surface area contributed by atoms with Crippen LogP contribution in [0.2, 0.25) is 0 Å². The summed E-state index contributed by atoms with van der Waals surface area (Å²) in [5.41, 5.74) is 7.52. The van der Waals surface area contributed by atoms with Crippen LogP contribution in [0.4, 0.5) is 0 Å². The minimum absolute atomic E-state index is 0.122. The lowest BCUT2D eigenvalue weighted by Gasteiger charge is -2.28. The van der Waals surface area contributed by atoms with Crippen LogP contribution < -0.4 is 9.47 Å². The molecule has 0 aliphatic heterocycles. The number of aryl methyl sites for hydroxylation is 2. The highest BCUT2D eigenvalue weighted by atomic mass is 32.2. The van der Waals surface area contributed by atoms with Gasteiger partial charge in [0, 0.05) is 34.4 Å². The van der Waals surface area contributed by atoms with Gasteiger partial charge in [-0.3, -0.25) is 0 Å². The molecule has 9 nitrogen and oxygen atoms in total. The SMILES string of the molecule is CCCCCCCCSc1nc(Oc2cc(C(C)(C)C)c(O)c(C(C)(C)C)c2)nc(Oc2cc(C(C)(C)C)c(O)c(C(C)(C)C)c2)n1.Cc1cc(Cc2cc(C)cc(C(C)(C)C)c2O)c(O)c(C(C)(C)C)c1. The molecular weight excluding hydrogens is 915 g/mol. The van der Waals surface area contributed by atoms with Crippen LogP contribution in [0.5, 0.6) is 46.5 Å². The van der Waals surface area contributed by atoms with Crippen molar-refractivity contribution in [2.24, 2.45) is 0 Å². The number of phenols is 4. The first-order valence-electron chi connectivity index (χ1n) is 26.1. The third-order valence-electron chi connectivity index (χ3n) is 12.8. The average Bonchev–Trinajstić information content (AvgIpc) is 3.21. The Labute approximate surface area is 439 Å². The second-order valence-electron chi connectivity index (χ2n) is 26.1. The van der Waals surface area contributed by atoms with Gasteiger partial charge in [0.15, 0.2) is 5.16 Å². The van der Waals surface area contributed by atoms with Crippen molar-refractivity contribution in [1.82, 2.24) is 15.0 Å². The number of ether oxygens (including phenoxy) is 2. The van der Waals surface area contributed by atoms with Gasteiger partial charge in [0.1, 0.15) is 34.5 Å². The van der Waals surface area contributed by atoms with E-state index < -0.39 is 0 Å². The molecule has 0 fully saturated rings. The van der Waals surface area contributed by atoms with Crippen molar-refractivity contribution < 1.29 is 29.9 Å². The molecule has 396 valence electrons. The van der Waals surface area contributed by atoms with Crippen LogP contribution in [0.3, 0.4) is 0 Å². The van der Waals surface area contributed by atoms with Gasteiger partial charge in [0.05, 0.1) is 0 Å². The van der Waals surface area contributed by atoms with Crippen LogP contribution in [-0.2, 0) is 38.9 Å². The number of hydrogen-bond acceptors (Lipinski definition) is 10. The second kappa shape index (κ2) is 23.1. The van der Waals surface area contributed by atoms with Crippen molar-refractivity contribution >= 4 is 11.8 Å². The van der Waals surface area contributed by atoms with E-state index in [4.69, 9.17) is 9.47 Å². The van der Waals surface area contributed by atoms with E-state index in [1.165, 1.54) is 32.1 Å². The van der Waals surface area contributed by atoms with Crippen molar-refractivity contribution in [1.29, 1.82) is 0 Å². The van der Waals surface area contributed by atoms with Gasteiger partial charge in [-0.1, -0.05) is 211 Å². The molecule has 0 saturated heterocycles. The number of benzene rings is 4. The summed E-state index contributed by atoms with van der Waals surface area (Å²) in [6, 6.07) is 15.8. The molecule has 4 aromatic carbocycles. The maximum absolute atomic E-state index is 11.2. The Kier molecular flexibility index (Phi) is 19.1. The molecule has 0 atom stereocenters. The third-order valence-corrected chi connectivity index (χ3v) is 13.7. The average molecular weight is 1010 g/mol. The Balaban J connectivity index is 0.000000377. The molecule has 0 bridgehead atoms. The monoisotopic (exact) mass is 1010 g/mol. The highest BCUT2D eigenvalue weighted by Crippen LogP contribution is 2.45. The highest BCUT2D eigenvalue weighted by Gasteiger charge is 2.30. The van der Waals surface area contributed by atoms with Gasteiger partial charge in [0.25, 0.3) is 0 Å². The van der Waals surface area contributed by atoms with Crippen LogP contribution in [-0.4, -0.2) is 41.1 Å². The largest absolute Gasteiger partial charge is 0.507 e. The van der Waals surface area contributed by atoms with E-state index in [9.17, 15) is 20.4 Å². The fraction of sp³-hybridized carbons (Fsp3) is 0.565. The van der Waals surface area contributed by atoms with E-state index in [1.54, 1.807) is 11.8 Å². The smallest absolute Gasteiger partial charge is 0.329 e. The maximum atomic E-state index is 11.2. The zero-order valence-electron chi connectivity index (χ0n) is 48.1. The Morgan fingerprint density at radius 1 is 0.403 bits per heavy atom. The maximum Gasteiger partial charge on any atom is 0.329 e. The minimum Gasteiger partial charge on any atom is -0.507 e. The molecule has 1 aromatic heterocycles. The Morgan fingerprint density at radius 2 is 0.708 bits per heavy atom. The Bertz CT molecular complexity index is 2410. The van der Waals surface area contributed by atoms with Gasteiger partial charge in [-0.25, -0.2) is 0 Å². The summed E-state index contributed by atoms with van der Waals surface area (Å²) in [5.74, 6) is 3.20. The lowest BCUT2D eigenvalue weighted by atomic mass is 9.79. The van der Waals surface area contributed by atoms with Gasteiger partial charge in [-0.2, -0.15) is 9.97 Å². The molecule has 10 heteroatoms. The van der Waals surface area contributed by atoms with E-state index in [0.717, 1.165) is 67.8 Å².